The van der Waals surface area contributed by atoms with Crippen molar-refractivity contribution in [1.29, 1.82) is 0 Å². The van der Waals surface area contributed by atoms with Crippen molar-refractivity contribution >= 4 is 28.1 Å². The van der Waals surface area contributed by atoms with Crippen molar-refractivity contribution in [2.75, 3.05) is 23.7 Å². The van der Waals surface area contributed by atoms with Crippen molar-refractivity contribution in [3.8, 4) is 0 Å². The molecule has 0 bridgehead atoms. The van der Waals surface area contributed by atoms with Gasteiger partial charge >= 0.3 is 0 Å². The molecule has 10 heavy (non-hydrogen) atoms. The van der Waals surface area contributed by atoms with Crippen LogP contribution in [0, 0.1) is 0 Å². The van der Waals surface area contributed by atoms with Crippen LogP contribution in [0.25, 0.3) is 0 Å². The second-order valence-corrected chi connectivity index (χ2v) is 5.46. The van der Waals surface area contributed by atoms with Crippen LogP contribution >= 0.6 is 22.4 Å². The van der Waals surface area contributed by atoms with Crippen LogP contribution in [-0.4, -0.2) is 22.8 Å². The van der Waals surface area contributed by atoms with Crippen molar-refractivity contribution in [2.45, 2.75) is 0 Å². The molecule has 1 aromatic rings. The van der Waals surface area contributed by atoms with Crippen LogP contribution in [0.15, 0.2) is 11.6 Å². The second-order valence-electron chi connectivity index (χ2n) is 2.33. The van der Waals surface area contributed by atoms with E-state index in [-0.39, 0.29) is 10.9 Å². The molecule has 0 aliphatic carbocycles. The Kier molecular flexibility index (Phi) is 3.02. The molecule has 0 aromatic carbocycles. The quantitative estimate of drug-likeness (QED) is 0.686. The summed E-state index contributed by atoms with van der Waals surface area (Å²) in [6.07, 6.45) is 6.37. The van der Waals surface area contributed by atoms with E-state index in [1.54, 1.807) is 0 Å². The van der Waals surface area contributed by atoms with Crippen molar-refractivity contribution in [3.05, 3.63) is 11.6 Å². The van der Waals surface area contributed by atoms with E-state index in [4.69, 9.17) is 0 Å². The molecule has 0 atom stereocenters. The molecule has 4 heteroatoms. The molecule has 0 aliphatic heterocycles. The zero-order chi connectivity index (χ0) is 7.40. The lowest BCUT2D eigenvalue weighted by atomic mass is 10.6. The molecule has 0 fully saturated rings. The summed E-state index contributed by atoms with van der Waals surface area (Å²) >= 11 is 1.49. The van der Waals surface area contributed by atoms with Crippen LogP contribution < -0.4 is 5.32 Å². The van der Waals surface area contributed by atoms with Gasteiger partial charge in [0.1, 0.15) is 0 Å². The zero-order valence-corrected chi connectivity index (χ0v) is 7.88. The van der Waals surface area contributed by atoms with E-state index in [1.165, 1.54) is 11.5 Å². The molecular weight excluding hydrogens is 164 g/mol. The summed E-state index contributed by atoms with van der Waals surface area (Å²) in [5, 5.41) is 5.33. The predicted octanol–water partition coefficient (Wildman–Crippen LogP) is 1.77. The fourth-order valence-corrected chi connectivity index (χ4v) is 1.53. The zero-order valence-electron chi connectivity index (χ0n) is 6.16. The average Bonchev–Trinajstić information content (AvgIpc) is 2.34. The highest BCUT2D eigenvalue weighted by Gasteiger charge is 1.91. The molecule has 2 nitrogen and oxygen atoms in total. The lowest BCUT2D eigenvalue weighted by molar-refractivity contribution is 1.45. The Labute approximate surface area is 68.2 Å². The average molecular weight is 176 g/mol. The summed E-state index contributed by atoms with van der Waals surface area (Å²) in [4.78, 5) is 0. The smallest absolute Gasteiger partial charge is 0.0658 e. The number of nitrogens with zero attached hydrogens (tertiary/aromatic N) is 1. The number of hydrogen-bond donors (Lipinski definition) is 2. The summed E-state index contributed by atoms with van der Waals surface area (Å²) in [5.74, 6) is 1.09. The number of nitrogens with one attached hydrogen (secondary N) is 1. The van der Waals surface area contributed by atoms with Crippen LogP contribution in [0.5, 0.6) is 0 Å². The van der Waals surface area contributed by atoms with Crippen LogP contribution in [-0.2, 0) is 0 Å². The number of hydrogen-bond acceptors (Lipinski definition) is 3. The first kappa shape index (κ1) is 7.88. The molecule has 1 heterocycles. The maximum atomic E-state index is 3.99. The first-order valence-corrected chi connectivity index (χ1v) is 6.33. The standard InChI is InChI=1S/C6H12N2S2/c1-10(2)5-7-6-3-8-9-4-6/h3-4,7,10H,5H2,1-2H3. The predicted molar refractivity (Wildman–Crippen MR) is 51.4 cm³/mol. The van der Waals surface area contributed by atoms with Gasteiger partial charge in [-0.3, -0.25) is 0 Å². The fraction of sp³-hybridized carbons (Fsp3) is 0.500. The molecule has 58 valence electrons. The fourth-order valence-electron chi connectivity index (χ4n) is 0.542. The highest BCUT2D eigenvalue weighted by atomic mass is 32.2. The van der Waals surface area contributed by atoms with Crippen molar-refractivity contribution < 1.29 is 0 Å². The minimum Gasteiger partial charge on any atom is -0.376 e. The van der Waals surface area contributed by atoms with Gasteiger partial charge in [0.25, 0.3) is 0 Å². The molecule has 0 saturated heterocycles. The van der Waals surface area contributed by atoms with Gasteiger partial charge in [-0.15, -0.1) is 0 Å². The van der Waals surface area contributed by atoms with Crippen LogP contribution in [0.3, 0.4) is 0 Å². The lowest BCUT2D eigenvalue weighted by Gasteiger charge is -2.09. The molecule has 0 amide bonds. The Morgan fingerprint density at radius 2 is 2.50 bits per heavy atom. The highest BCUT2D eigenvalue weighted by Crippen LogP contribution is 2.15. The Bertz CT molecular complexity index is 172. The van der Waals surface area contributed by atoms with Gasteiger partial charge in [0, 0.05) is 11.3 Å². The summed E-state index contributed by atoms with van der Waals surface area (Å²) in [6.45, 7) is 0. The van der Waals surface area contributed by atoms with Gasteiger partial charge < -0.3 is 5.32 Å². The molecular formula is C6H12N2S2. The molecule has 0 spiro atoms. The minimum atomic E-state index is 0.160. The molecule has 0 aliphatic rings. The van der Waals surface area contributed by atoms with Gasteiger partial charge in [0.2, 0.25) is 0 Å². The lowest BCUT2D eigenvalue weighted by Crippen LogP contribution is -1.98. The topological polar surface area (TPSA) is 24.9 Å². The molecule has 0 unspecified atom stereocenters. The summed E-state index contributed by atoms with van der Waals surface area (Å²) in [5.41, 5.74) is 1.15. The van der Waals surface area contributed by atoms with Gasteiger partial charge in [-0.25, -0.2) is 10.9 Å². The normalized spacial score (nSPS) is 11.2. The third kappa shape index (κ3) is 2.58. The molecule has 0 radical (unpaired) electrons. The molecule has 1 N–H and O–H groups in total. The Hall–Kier alpha value is -0.220. The summed E-state index contributed by atoms with van der Waals surface area (Å²) in [7, 11) is 0.160. The molecule has 1 aromatic heterocycles. The number of aromatic nitrogens is 1. The maximum absolute atomic E-state index is 3.99. The van der Waals surface area contributed by atoms with Crippen LogP contribution in [0.2, 0.25) is 0 Å². The first-order valence-electron chi connectivity index (χ1n) is 3.07. The van der Waals surface area contributed by atoms with Crippen molar-refractivity contribution in [3.63, 3.8) is 0 Å². The van der Waals surface area contributed by atoms with Crippen LogP contribution in [0.4, 0.5) is 5.69 Å². The van der Waals surface area contributed by atoms with Crippen molar-refractivity contribution in [1.82, 2.24) is 4.37 Å². The van der Waals surface area contributed by atoms with E-state index in [0.29, 0.717) is 0 Å². The Morgan fingerprint density at radius 3 is 3.00 bits per heavy atom. The van der Waals surface area contributed by atoms with Gasteiger partial charge in [-0.1, -0.05) is 0 Å². The summed E-state index contributed by atoms with van der Waals surface area (Å²) < 4.78 is 3.99. The highest BCUT2D eigenvalue weighted by molar-refractivity contribution is 8.15. The third-order valence-electron chi connectivity index (χ3n) is 1.03. The second kappa shape index (κ2) is 3.83. The van der Waals surface area contributed by atoms with Gasteiger partial charge in [0.05, 0.1) is 11.9 Å². The molecule has 1 rings (SSSR count). The Balaban J connectivity index is 2.28. The van der Waals surface area contributed by atoms with E-state index in [1.807, 2.05) is 11.6 Å². The van der Waals surface area contributed by atoms with E-state index >= 15 is 0 Å². The first-order chi connectivity index (χ1) is 4.79. The molecule has 0 saturated carbocycles. The SMILES string of the molecule is C[SH](C)CNc1cnsc1. The van der Waals surface area contributed by atoms with E-state index in [9.17, 15) is 0 Å². The van der Waals surface area contributed by atoms with Crippen molar-refractivity contribution in [2.24, 2.45) is 0 Å². The number of rotatable bonds is 3. The minimum absolute atomic E-state index is 0.160. The van der Waals surface area contributed by atoms with Gasteiger partial charge in [-0.2, -0.15) is 4.37 Å². The van der Waals surface area contributed by atoms with E-state index in [2.05, 4.69) is 22.2 Å². The number of thiol groups is 1. The number of anilines is 1. The van der Waals surface area contributed by atoms with Gasteiger partial charge in [0.15, 0.2) is 0 Å². The van der Waals surface area contributed by atoms with Crippen LogP contribution in [0.1, 0.15) is 0 Å². The van der Waals surface area contributed by atoms with E-state index < -0.39 is 0 Å². The maximum Gasteiger partial charge on any atom is 0.0658 e. The third-order valence-corrected chi connectivity index (χ3v) is 2.41. The summed E-state index contributed by atoms with van der Waals surface area (Å²) in [6, 6.07) is 0. The largest absolute Gasteiger partial charge is 0.376 e. The van der Waals surface area contributed by atoms with Gasteiger partial charge in [-0.05, 0) is 24.0 Å². The monoisotopic (exact) mass is 176 g/mol. The Morgan fingerprint density at radius 1 is 1.70 bits per heavy atom. The van der Waals surface area contributed by atoms with E-state index in [0.717, 1.165) is 11.6 Å².